The summed E-state index contributed by atoms with van der Waals surface area (Å²) >= 11 is 0. The van der Waals surface area contributed by atoms with Gasteiger partial charge in [-0.3, -0.25) is 4.79 Å². The predicted molar refractivity (Wildman–Crippen MR) is 97.5 cm³/mol. The first kappa shape index (κ1) is 15.0. The number of carbonyl (C=O) groups is 1. The molecule has 1 atom stereocenters. The fourth-order valence-corrected chi connectivity index (χ4v) is 3.76. The Morgan fingerprint density at radius 2 is 2.00 bits per heavy atom. The Kier molecular flexibility index (Phi) is 3.64. The van der Waals surface area contributed by atoms with Gasteiger partial charge in [0.05, 0.1) is 0 Å². The number of amides is 1. The van der Waals surface area contributed by atoms with Gasteiger partial charge in [-0.05, 0) is 56.0 Å². The van der Waals surface area contributed by atoms with Crippen LogP contribution in [-0.2, 0) is 12.8 Å². The summed E-state index contributed by atoms with van der Waals surface area (Å²) in [6, 6.07) is 14.5. The second kappa shape index (κ2) is 5.82. The van der Waals surface area contributed by atoms with Crippen molar-refractivity contribution in [3.63, 3.8) is 0 Å². The topological polar surface area (TPSA) is 44.9 Å². The van der Waals surface area contributed by atoms with Crippen LogP contribution < -0.4 is 5.32 Å². The van der Waals surface area contributed by atoms with Gasteiger partial charge in [0.15, 0.2) is 0 Å². The fourth-order valence-electron chi connectivity index (χ4n) is 3.76. The Labute approximate surface area is 142 Å². The van der Waals surface area contributed by atoms with E-state index >= 15 is 0 Å². The van der Waals surface area contributed by atoms with Crippen molar-refractivity contribution in [3.05, 3.63) is 70.4 Å². The molecule has 0 saturated heterocycles. The van der Waals surface area contributed by atoms with Crippen molar-refractivity contribution >= 4 is 16.8 Å². The Hall–Kier alpha value is -2.55. The van der Waals surface area contributed by atoms with E-state index in [1.807, 2.05) is 31.2 Å². The number of nitrogens with one attached hydrogen (secondary N) is 2. The lowest BCUT2D eigenvalue weighted by Gasteiger charge is -2.24. The number of benzene rings is 2. The second-order valence-electron chi connectivity index (χ2n) is 6.86. The Balaban J connectivity index is 1.55. The summed E-state index contributed by atoms with van der Waals surface area (Å²) in [6.45, 7) is 4.11. The number of rotatable bonds is 2. The summed E-state index contributed by atoms with van der Waals surface area (Å²) in [6.07, 6.45) is 2.88. The summed E-state index contributed by atoms with van der Waals surface area (Å²) in [4.78, 5) is 16.1. The Bertz CT molecular complexity index is 923. The molecular weight excluding hydrogens is 296 g/mol. The standard InChI is InChI=1S/C21H22N2O/c1-13-7-10-19-18(11-13)17-9-8-15(12-20(17)23-19)22-21(24)16-6-4-3-5-14(16)2/h3-7,10-11,15,23H,8-9,12H2,1-2H3,(H,22,24). The van der Waals surface area contributed by atoms with E-state index < -0.39 is 0 Å². The molecule has 0 radical (unpaired) electrons. The molecule has 2 aromatic carbocycles. The molecule has 3 nitrogen and oxygen atoms in total. The van der Waals surface area contributed by atoms with Crippen LogP contribution in [0.25, 0.3) is 10.9 Å². The summed E-state index contributed by atoms with van der Waals surface area (Å²) in [5, 5.41) is 4.56. The van der Waals surface area contributed by atoms with Crippen molar-refractivity contribution in [1.29, 1.82) is 0 Å². The second-order valence-corrected chi connectivity index (χ2v) is 6.86. The SMILES string of the molecule is Cc1ccc2[nH]c3c(c2c1)CCC(NC(=O)c1ccccc1C)C3. The van der Waals surface area contributed by atoms with Gasteiger partial charge >= 0.3 is 0 Å². The van der Waals surface area contributed by atoms with Crippen molar-refractivity contribution in [2.24, 2.45) is 0 Å². The highest BCUT2D eigenvalue weighted by Crippen LogP contribution is 2.30. The number of fused-ring (bicyclic) bond motifs is 3. The van der Waals surface area contributed by atoms with Crippen LogP contribution in [0.15, 0.2) is 42.5 Å². The van der Waals surface area contributed by atoms with Gasteiger partial charge in [0, 0.05) is 34.6 Å². The molecule has 122 valence electrons. The van der Waals surface area contributed by atoms with E-state index in [1.54, 1.807) is 0 Å². The van der Waals surface area contributed by atoms with E-state index in [4.69, 9.17) is 0 Å². The molecule has 1 aliphatic rings. The van der Waals surface area contributed by atoms with Crippen LogP contribution in [0.3, 0.4) is 0 Å². The monoisotopic (exact) mass is 318 g/mol. The maximum absolute atomic E-state index is 12.5. The minimum absolute atomic E-state index is 0.0357. The first-order valence-electron chi connectivity index (χ1n) is 8.58. The minimum Gasteiger partial charge on any atom is -0.358 e. The molecular formula is C21H22N2O. The highest BCUT2D eigenvalue weighted by Gasteiger charge is 2.24. The van der Waals surface area contributed by atoms with Gasteiger partial charge in [-0.15, -0.1) is 0 Å². The molecule has 0 saturated carbocycles. The number of aromatic nitrogens is 1. The summed E-state index contributed by atoms with van der Waals surface area (Å²) in [5.74, 6) is 0.0357. The number of aromatic amines is 1. The Morgan fingerprint density at radius 1 is 1.17 bits per heavy atom. The zero-order chi connectivity index (χ0) is 16.7. The zero-order valence-electron chi connectivity index (χ0n) is 14.1. The van der Waals surface area contributed by atoms with Crippen molar-refractivity contribution in [1.82, 2.24) is 10.3 Å². The smallest absolute Gasteiger partial charge is 0.251 e. The molecule has 24 heavy (non-hydrogen) atoms. The van der Waals surface area contributed by atoms with Crippen molar-refractivity contribution in [3.8, 4) is 0 Å². The third-order valence-corrected chi connectivity index (χ3v) is 5.07. The van der Waals surface area contributed by atoms with Gasteiger partial charge in [0.1, 0.15) is 0 Å². The van der Waals surface area contributed by atoms with Crippen molar-refractivity contribution in [2.75, 3.05) is 0 Å². The fraction of sp³-hybridized carbons (Fsp3) is 0.286. The Morgan fingerprint density at radius 3 is 2.83 bits per heavy atom. The average molecular weight is 318 g/mol. The molecule has 0 aliphatic heterocycles. The van der Waals surface area contributed by atoms with E-state index in [-0.39, 0.29) is 11.9 Å². The quantitative estimate of drug-likeness (QED) is 0.735. The maximum atomic E-state index is 12.5. The third kappa shape index (κ3) is 2.60. The van der Waals surface area contributed by atoms with Gasteiger partial charge in [-0.1, -0.05) is 29.8 Å². The molecule has 1 amide bonds. The van der Waals surface area contributed by atoms with Crippen LogP contribution >= 0.6 is 0 Å². The summed E-state index contributed by atoms with van der Waals surface area (Å²) in [7, 11) is 0. The molecule has 1 aliphatic carbocycles. The van der Waals surface area contributed by atoms with Crippen LogP contribution in [0.2, 0.25) is 0 Å². The van der Waals surface area contributed by atoms with E-state index in [2.05, 4.69) is 35.4 Å². The van der Waals surface area contributed by atoms with E-state index in [0.717, 1.165) is 30.4 Å². The molecule has 1 heterocycles. The highest BCUT2D eigenvalue weighted by molar-refractivity contribution is 5.95. The molecule has 0 bridgehead atoms. The van der Waals surface area contributed by atoms with Crippen LogP contribution in [-0.4, -0.2) is 16.9 Å². The molecule has 2 N–H and O–H groups in total. The van der Waals surface area contributed by atoms with Crippen molar-refractivity contribution < 1.29 is 4.79 Å². The molecule has 1 unspecified atom stereocenters. The first-order chi connectivity index (χ1) is 11.6. The van der Waals surface area contributed by atoms with E-state index in [1.165, 1.54) is 27.7 Å². The van der Waals surface area contributed by atoms with Crippen LogP contribution in [0.4, 0.5) is 0 Å². The van der Waals surface area contributed by atoms with Gasteiger partial charge < -0.3 is 10.3 Å². The van der Waals surface area contributed by atoms with Crippen LogP contribution in [0, 0.1) is 13.8 Å². The van der Waals surface area contributed by atoms with Gasteiger partial charge in [-0.2, -0.15) is 0 Å². The van der Waals surface area contributed by atoms with Gasteiger partial charge in [0.25, 0.3) is 5.91 Å². The number of carbonyl (C=O) groups excluding carboxylic acids is 1. The number of hydrogen-bond donors (Lipinski definition) is 2. The molecule has 0 fully saturated rings. The maximum Gasteiger partial charge on any atom is 0.251 e. The molecule has 0 spiro atoms. The van der Waals surface area contributed by atoms with E-state index in [0.29, 0.717) is 0 Å². The lowest BCUT2D eigenvalue weighted by Crippen LogP contribution is -2.39. The molecule has 1 aromatic heterocycles. The normalized spacial score (nSPS) is 16.8. The van der Waals surface area contributed by atoms with E-state index in [9.17, 15) is 4.79 Å². The molecule has 4 rings (SSSR count). The van der Waals surface area contributed by atoms with Crippen molar-refractivity contribution in [2.45, 2.75) is 39.2 Å². The van der Waals surface area contributed by atoms with Gasteiger partial charge in [-0.25, -0.2) is 0 Å². The number of hydrogen-bond acceptors (Lipinski definition) is 1. The highest BCUT2D eigenvalue weighted by atomic mass is 16.1. The number of aryl methyl sites for hydroxylation is 3. The molecule has 3 heteroatoms. The van der Waals surface area contributed by atoms with Crippen LogP contribution in [0.5, 0.6) is 0 Å². The summed E-state index contributed by atoms with van der Waals surface area (Å²) in [5.41, 5.74) is 6.99. The minimum atomic E-state index is 0.0357. The lowest BCUT2D eigenvalue weighted by atomic mass is 9.91. The van der Waals surface area contributed by atoms with Crippen LogP contribution in [0.1, 0.15) is 39.2 Å². The largest absolute Gasteiger partial charge is 0.358 e. The first-order valence-corrected chi connectivity index (χ1v) is 8.58. The average Bonchev–Trinajstić information content (AvgIpc) is 2.92. The number of H-pyrrole nitrogens is 1. The lowest BCUT2D eigenvalue weighted by molar-refractivity contribution is 0.0933. The zero-order valence-corrected chi connectivity index (χ0v) is 14.1. The predicted octanol–water partition coefficient (Wildman–Crippen LogP) is 4.07. The molecule has 3 aromatic rings. The van der Waals surface area contributed by atoms with Gasteiger partial charge in [0.2, 0.25) is 0 Å². The summed E-state index contributed by atoms with van der Waals surface area (Å²) < 4.78 is 0. The third-order valence-electron chi connectivity index (χ3n) is 5.07.